The molecule has 1 aromatic carbocycles. The van der Waals surface area contributed by atoms with Crippen LogP contribution in [0.2, 0.25) is 0 Å². The summed E-state index contributed by atoms with van der Waals surface area (Å²) in [7, 11) is -3.89. The second-order valence-corrected chi connectivity index (χ2v) is 9.79. The van der Waals surface area contributed by atoms with E-state index in [1.54, 1.807) is 33.7 Å². The first-order valence-electron chi connectivity index (χ1n) is 10.5. The molecule has 2 aliphatic heterocycles. The van der Waals surface area contributed by atoms with Gasteiger partial charge < -0.3 is 24.3 Å². The Hall–Kier alpha value is -2.43. The molecule has 0 aliphatic carbocycles. The van der Waals surface area contributed by atoms with Gasteiger partial charge in [0.15, 0.2) is 9.84 Å². The van der Waals surface area contributed by atoms with Crippen molar-refractivity contribution >= 4 is 32.6 Å². The summed E-state index contributed by atoms with van der Waals surface area (Å²) in [6.45, 7) is 3.05. The zero-order valence-corrected chi connectivity index (χ0v) is 18.1. The predicted octanol–water partition coefficient (Wildman–Crippen LogP) is 0.569. The summed E-state index contributed by atoms with van der Waals surface area (Å²) in [5.74, 6) is -1.30. The molecule has 2 aliphatic rings. The average molecular weight is 450 g/mol. The first kappa shape index (κ1) is 21.8. The van der Waals surface area contributed by atoms with Crippen LogP contribution in [0, 0.1) is 0 Å². The number of hydrogen-bond acceptors (Lipinski definition) is 6. The number of amides is 2. The van der Waals surface area contributed by atoms with Crippen LogP contribution >= 0.6 is 0 Å². The third kappa shape index (κ3) is 5.08. The highest BCUT2D eigenvalue weighted by Crippen LogP contribution is 2.26. The van der Waals surface area contributed by atoms with Gasteiger partial charge in [-0.1, -0.05) is 18.2 Å². The van der Waals surface area contributed by atoms with Crippen molar-refractivity contribution in [3.05, 3.63) is 30.5 Å². The van der Waals surface area contributed by atoms with Crippen molar-refractivity contribution in [2.75, 3.05) is 45.2 Å². The number of para-hydroxylation sites is 1. The maximum Gasteiger partial charge on any atom is 0.242 e. The molecule has 0 saturated carbocycles. The number of hydrogen-bond donors (Lipinski definition) is 1. The summed E-state index contributed by atoms with van der Waals surface area (Å²) in [6.07, 6.45) is 3.21. The maximum atomic E-state index is 13.0. The van der Waals surface area contributed by atoms with E-state index >= 15 is 0 Å². The van der Waals surface area contributed by atoms with Gasteiger partial charge in [-0.2, -0.15) is 0 Å². The zero-order chi connectivity index (χ0) is 21.8. The molecule has 1 N–H and O–H groups in total. The van der Waals surface area contributed by atoms with E-state index in [4.69, 9.17) is 9.47 Å². The Balaban J connectivity index is 1.51. The number of ether oxygens (including phenoxy) is 2. The van der Waals surface area contributed by atoms with E-state index < -0.39 is 21.5 Å². The molecule has 3 heterocycles. The molecule has 2 saturated heterocycles. The molecule has 0 bridgehead atoms. The lowest BCUT2D eigenvalue weighted by Crippen LogP contribution is -2.42. The molecule has 2 aromatic rings. The van der Waals surface area contributed by atoms with Gasteiger partial charge in [0.25, 0.3) is 0 Å². The van der Waals surface area contributed by atoms with E-state index in [9.17, 15) is 18.0 Å². The Bertz CT molecular complexity index is 1050. The minimum Gasteiger partial charge on any atom is -0.378 e. The number of nitrogens with one attached hydrogen (secondary N) is 1. The summed E-state index contributed by atoms with van der Waals surface area (Å²) in [5, 5.41) is 3.16. The van der Waals surface area contributed by atoms with Crippen LogP contribution in [0.25, 0.3) is 10.9 Å². The van der Waals surface area contributed by atoms with Crippen LogP contribution in [0.5, 0.6) is 0 Å². The van der Waals surface area contributed by atoms with E-state index in [0.717, 1.165) is 12.8 Å². The topological polar surface area (TPSA) is 107 Å². The normalized spacial score (nSPS) is 19.6. The summed E-state index contributed by atoms with van der Waals surface area (Å²) in [6, 6.07) is 7.01. The number of carbonyl (C=O) groups excluding carboxylic acids is 2. The van der Waals surface area contributed by atoms with Crippen LogP contribution in [0.4, 0.5) is 0 Å². The summed E-state index contributed by atoms with van der Waals surface area (Å²) >= 11 is 0. The molecule has 2 amide bonds. The van der Waals surface area contributed by atoms with E-state index in [2.05, 4.69) is 5.32 Å². The van der Waals surface area contributed by atoms with Gasteiger partial charge >= 0.3 is 0 Å². The standard InChI is InChI=1S/C21H27N3O6S/c25-20(22-12-16-4-3-9-30-16)15-31(27,28)19-13-24(18-6-2-1-5-17(18)19)14-21(26)23-7-10-29-11-8-23/h1-2,5-6,13,16H,3-4,7-12,14-15H2,(H,22,25)/t16-/m1/s1. The van der Waals surface area contributed by atoms with Crippen LogP contribution in [0.15, 0.2) is 35.4 Å². The second-order valence-electron chi connectivity index (χ2n) is 7.83. The van der Waals surface area contributed by atoms with Crippen molar-refractivity contribution in [3.63, 3.8) is 0 Å². The molecule has 31 heavy (non-hydrogen) atoms. The molecule has 0 spiro atoms. The van der Waals surface area contributed by atoms with E-state index in [1.165, 1.54) is 6.20 Å². The van der Waals surface area contributed by atoms with Gasteiger partial charge in [0.1, 0.15) is 12.3 Å². The first-order valence-corrected chi connectivity index (χ1v) is 12.1. The van der Waals surface area contributed by atoms with Gasteiger partial charge in [0, 0.05) is 43.3 Å². The van der Waals surface area contributed by atoms with Crippen LogP contribution in [-0.4, -0.2) is 81.0 Å². The van der Waals surface area contributed by atoms with Crippen LogP contribution < -0.4 is 5.32 Å². The smallest absolute Gasteiger partial charge is 0.242 e. The number of fused-ring (bicyclic) bond motifs is 1. The minimum absolute atomic E-state index is 0.0290. The molecule has 4 rings (SSSR count). The zero-order valence-electron chi connectivity index (χ0n) is 17.3. The molecular formula is C21H27N3O6S. The van der Waals surface area contributed by atoms with Crippen molar-refractivity contribution in [2.24, 2.45) is 0 Å². The van der Waals surface area contributed by atoms with Gasteiger partial charge in [-0.3, -0.25) is 9.59 Å². The number of rotatable bonds is 7. The molecule has 9 nitrogen and oxygen atoms in total. The average Bonchev–Trinajstić information content (AvgIpc) is 3.41. The molecule has 168 valence electrons. The fourth-order valence-corrected chi connectivity index (χ4v) is 5.38. The monoisotopic (exact) mass is 449 g/mol. The van der Waals surface area contributed by atoms with Crippen LogP contribution in [0.3, 0.4) is 0 Å². The highest BCUT2D eigenvalue weighted by atomic mass is 32.2. The summed E-state index contributed by atoms with van der Waals surface area (Å²) in [4.78, 5) is 26.7. The number of sulfone groups is 1. The molecule has 1 atom stereocenters. The number of benzene rings is 1. The van der Waals surface area contributed by atoms with Crippen molar-refractivity contribution in [3.8, 4) is 0 Å². The van der Waals surface area contributed by atoms with E-state index in [1.807, 2.05) is 0 Å². The summed E-state index contributed by atoms with van der Waals surface area (Å²) in [5.41, 5.74) is 0.641. The van der Waals surface area contributed by atoms with E-state index in [0.29, 0.717) is 50.4 Å². The van der Waals surface area contributed by atoms with Crippen LogP contribution in [0.1, 0.15) is 12.8 Å². The van der Waals surface area contributed by atoms with Crippen LogP contribution in [-0.2, 0) is 35.4 Å². The lowest BCUT2D eigenvalue weighted by Gasteiger charge is -2.27. The van der Waals surface area contributed by atoms with E-state index in [-0.39, 0.29) is 23.5 Å². The molecule has 0 radical (unpaired) electrons. The van der Waals surface area contributed by atoms with Gasteiger partial charge in [-0.25, -0.2) is 8.42 Å². The molecule has 10 heteroatoms. The molecule has 0 unspecified atom stereocenters. The second kappa shape index (κ2) is 9.37. The van der Waals surface area contributed by atoms with Gasteiger partial charge in [0.05, 0.1) is 24.2 Å². The van der Waals surface area contributed by atoms with Crippen molar-refractivity contribution in [1.82, 2.24) is 14.8 Å². The molecule has 1 aromatic heterocycles. The lowest BCUT2D eigenvalue weighted by atomic mass is 10.2. The highest BCUT2D eigenvalue weighted by Gasteiger charge is 2.26. The highest BCUT2D eigenvalue weighted by molar-refractivity contribution is 7.92. The van der Waals surface area contributed by atoms with Gasteiger partial charge in [-0.15, -0.1) is 0 Å². The van der Waals surface area contributed by atoms with Crippen molar-refractivity contribution < 1.29 is 27.5 Å². The summed E-state index contributed by atoms with van der Waals surface area (Å²) < 4.78 is 38.5. The Morgan fingerprint density at radius 1 is 1.13 bits per heavy atom. The first-order chi connectivity index (χ1) is 14.9. The van der Waals surface area contributed by atoms with Crippen molar-refractivity contribution in [2.45, 2.75) is 30.4 Å². The fourth-order valence-electron chi connectivity index (χ4n) is 3.98. The molecular weight excluding hydrogens is 422 g/mol. The number of nitrogens with zero attached hydrogens (tertiary/aromatic N) is 2. The Labute approximate surface area is 181 Å². The minimum atomic E-state index is -3.89. The number of morpholine rings is 1. The SMILES string of the molecule is O=C(CS(=O)(=O)c1cn(CC(=O)N2CCOCC2)c2ccccc12)NC[C@H]1CCCO1. The fraction of sp³-hybridized carbons (Fsp3) is 0.524. The Morgan fingerprint density at radius 2 is 1.90 bits per heavy atom. The third-order valence-corrected chi connectivity index (χ3v) is 7.27. The molecule has 2 fully saturated rings. The quantitative estimate of drug-likeness (QED) is 0.662. The van der Waals surface area contributed by atoms with Gasteiger partial charge in [0.2, 0.25) is 11.8 Å². The lowest BCUT2D eigenvalue weighted by molar-refractivity contribution is -0.135. The Kier molecular flexibility index (Phi) is 6.59. The predicted molar refractivity (Wildman–Crippen MR) is 113 cm³/mol. The van der Waals surface area contributed by atoms with Crippen molar-refractivity contribution in [1.29, 1.82) is 0 Å². The maximum absolute atomic E-state index is 13.0. The number of carbonyl (C=O) groups is 2. The number of aromatic nitrogens is 1. The third-order valence-electron chi connectivity index (χ3n) is 5.63. The largest absolute Gasteiger partial charge is 0.378 e. The Morgan fingerprint density at radius 3 is 2.65 bits per heavy atom. The van der Waals surface area contributed by atoms with Gasteiger partial charge in [-0.05, 0) is 18.9 Å².